The van der Waals surface area contributed by atoms with Crippen molar-refractivity contribution in [2.75, 3.05) is 0 Å². The van der Waals surface area contributed by atoms with Gasteiger partial charge in [-0.25, -0.2) is 0 Å². The van der Waals surface area contributed by atoms with Crippen LogP contribution in [0.25, 0.3) is 28.0 Å². The normalized spacial score (nSPS) is 19.8. The van der Waals surface area contributed by atoms with E-state index in [1.165, 1.54) is 0 Å². The predicted molar refractivity (Wildman–Crippen MR) is 98.8 cm³/mol. The van der Waals surface area contributed by atoms with Gasteiger partial charge in [0.2, 0.25) is 0 Å². The van der Waals surface area contributed by atoms with Gasteiger partial charge in [-0.05, 0) is 33.8 Å². The number of hydrogen-bond acceptors (Lipinski definition) is 3. The Bertz CT molecular complexity index is 920. The molecule has 0 saturated carbocycles. The van der Waals surface area contributed by atoms with E-state index >= 15 is 0 Å². The summed E-state index contributed by atoms with van der Waals surface area (Å²) in [6.45, 7) is 8.23. The molecular weight excluding hydrogens is 299 g/mol. The van der Waals surface area contributed by atoms with E-state index in [1.807, 2.05) is 42.4 Å². The van der Waals surface area contributed by atoms with E-state index in [1.54, 1.807) is 0 Å². The summed E-state index contributed by atoms with van der Waals surface area (Å²) in [5.41, 5.74) is 2.18. The van der Waals surface area contributed by atoms with Crippen LogP contribution in [0.4, 0.5) is 0 Å². The number of furan rings is 1. The molecule has 3 nitrogen and oxygen atoms in total. The van der Waals surface area contributed by atoms with Crippen LogP contribution < -0.4 is 0 Å². The van der Waals surface area contributed by atoms with E-state index in [0.29, 0.717) is 0 Å². The van der Waals surface area contributed by atoms with Gasteiger partial charge in [-0.1, -0.05) is 48.4 Å². The van der Waals surface area contributed by atoms with Crippen molar-refractivity contribution >= 4 is 35.1 Å². The minimum atomic E-state index is -0.352. The van der Waals surface area contributed by atoms with Crippen molar-refractivity contribution in [3.63, 3.8) is 0 Å². The van der Waals surface area contributed by atoms with Crippen LogP contribution in [0.2, 0.25) is 0 Å². The molecule has 0 amide bonds. The molecule has 0 radical (unpaired) electrons. The maximum Gasteiger partial charge on any atom is 0.487 e. The fourth-order valence-corrected chi connectivity index (χ4v) is 3.05. The maximum atomic E-state index is 6.05. The largest absolute Gasteiger partial charge is 0.487 e. The summed E-state index contributed by atoms with van der Waals surface area (Å²) in [5.74, 6) is 1.96. The molecule has 0 N–H and O–H groups in total. The minimum Gasteiger partial charge on any atom is -0.455 e. The van der Waals surface area contributed by atoms with Gasteiger partial charge >= 0.3 is 7.12 Å². The van der Waals surface area contributed by atoms with Gasteiger partial charge in [0.25, 0.3) is 0 Å². The molecule has 122 valence electrons. The first-order chi connectivity index (χ1) is 11.4. The van der Waals surface area contributed by atoms with Crippen molar-refractivity contribution in [1.29, 1.82) is 0 Å². The smallest absolute Gasteiger partial charge is 0.455 e. The molecule has 2 aromatic carbocycles. The second-order valence-corrected chi connectivity index (χ2v) is 7.31. The highest BCUT2D eigenvalue weighted by Crippen LogP contribution is 2.37. The first kappa shape index (κ1) is 15.5. The van der Waals surface area contributed by atoms with E-state index in [0.717, 1.165) is 27.5 Å². The molecule has 0 unspecified atom stereocenters. The first-order valence-corrected chi connectivity index (χ1v) is 8.31. The molecule has 24 heavy (non-hydrogen) atoms. The van der Waals surface area contributed by atoms with Gasteiger partial charge in [0.1, 0.15) is 11.2 Å². The number of fused-ring (bicyclic) bond motifs is 3. The molecule has 4 rings (SSSR count). The summed E-state index contributed by atoms with van der Waals surface area (Å²) in [5, 5.41) is 2.26. The second kappa shape index (κ2) is 5.23. The van der Waals surface area contributed by atoms with Crippen molar-refractivity contribution in [3.05, 3.63) is 54.0 Å². The summed E-state index contributed by atoms with van der Waals surface area (Å²) >= 11 is 0. The first-order valence-electron chi connectivity index (χ1n) is 8.31. The topological polar surface area (TPSA) is 31.6 Å². The fourth-order valence-electron chi connectivity index (χ4n) is 3.05. The van der Waals surface area contributed by atoms with E-state index in [9.17, 15) is 0 Å². The van der Waals surface area contributed by atoms with Crippen LogP contribution in [-0.4, -0.2) is 18.3 Å². The Hall–Kier alpha value is -2.04. The molecule has 2 heterocycles. The zero-order valence-corrected chi connectivity index (χ0v) is 14.5. The van der Waals surface area contributed by atoms with E-state index in [4.69, 9.17) is 13.7 Å². The third-order valence-corrected chi connectivity index (χ3v) is 5.14. The molecule has 0 atom stereocenters. The predicted octanol–water partition coefficient (Wildman–Crippen LogP) is 5.23. The van der Waals surface area contributed by atoms with Crippen LogP contribution in [0.5, 0.6) is 0 Å². The molecule has 0 spiro atoms. The van der Waals surface area contributed by atoms with Gasteiger partial charge in [0.05, 0.1) is 11.2 Å². The Balaban J connectivity index is 1.71. The number of benzene rings is 2. The van der Waals surface area contributed by atoms with Crippen molar-refractivity contribution in [2.24, 2.45) is 0 Å². The third-order valence-electron chi connectivity index (χ3n) is 5.14. The zero-order chi connectivity index (χ0) is 16.9. The Morgan fingerprint density at radius 3 is 2.25 bits per heavy atom. The van der Waals surface area contributed by atoms with Gasteiger partial charge in [-0.15, -0.1) is 0 Å². The standard InChI is InChI=1S/C20H21BO3/c1-19(2)20(3,4)24-21(23-19)13-12-14-8-7-10-16-15-9-5-6-11-17(15)22-18(14)16/h5-13H,1-4H3/b13-12+. The SMILES string of the molecule is CC1(C)OB(/C=C/c2cccc3c2oc2ccccc23)OC1(C)C. The van der Waals surface area contributed by atoms with Gasteiger partial charge in [-0.2, -0.15) is 0 Å². The van der Waals surface area contributed by atoms with Gasteiger partial charge in [0.15, 0.2) is 0 Å². The summed E-state index contributed by atoms with van der Waals surface area (Å²) < 4.78 is 18.1. The highest BCUT2D eigenvalue weighted by molar-refractivity contribution is 6.52. The Labute approximate surface area is 142 Å². The average molecular weight is 320 g/mol. The van der Waals surface area contributed by atoms with Crippen LogP contribution >= 0.6 is 0 Å². The van der Waals surface area contributed by atoms with Crippen LogP contribution in [0, 0.1) is 0 Å². The molecule has 1 aromatic heterocycles. The van der Waals surface area contributed by atoms with Crippen LogP contribution in [-0.2, 0) is 9.31 Å². The number of rotatable bonds is 2. The minimum absolute atomic E-state index is 0.326. The van der Waals surface area contributed by atoms with Crippen molar-refractivity contribution in [1.82, 2.24) is 0 Å². The molecule has 1 aliphatic rings. The lowest BCUT2D eigenvalue weighted by molar-refractivity contribution is 0.00578. The highest BCUT2D eigenvalue weighted by atomic mass is 16.7. The van der Waals surface area contributed by atoms with Crippen molar-refractivity contribution in [2.45, 2.75) is 38.9 Å². The Morgan fingerprint density at radius 2 is 1.50 bits per heavy atom. The quantitative estimate of drug-likeness (QED) is 0.606. The molecule has 1 saturated heterocycles. The summed E-state index contributed by atoms with van der Waals surface area (Å²) in [4.78, 5) is 0. The molecule has 0 bridgehead atoms. The van der Waals surface area contributed by atoms with Crippen LogP contribution in [0.15, 0.2) is 52.9 Å². The van der Waals surface area contributed by atoms with Gasteiger partial charge in [0, 0.05) is 16.3 Å². The van der Waals surface area contributed by atoms with E-state index in [2.05, 4.69) is 39.8 Å². The van der Waals surface area contributed by atoms with Crippen molar-refractivity contribution in [3.8, 4) is 0 Å². The molecule has 1 aliphatic heterocycles. The fraction of sp³-hybridized carbons (Fsp3) is 0.300. The van der Waals surface area contributed by atoms with Crippen LogP contribution in [0.3, 0.4) is 0 Å². The van der Waals surface area contributed by atoms with Gasteiger partial charge < -0.3 is 13.7 Å². The molecular formula is C20H21BO3. The lowest BCUT2D eigenvalue weighted by Gasteiger charge is -2.32. The highest BCUT2D eigenvalue weighted by Gasteiger charge is 2.50. The lowest BCUT2D eigenvalue weighted by Crippen LogP contribution is -2.41. The lowest BCUT2D eigenvalue weighted by atomic mass is 9.89. The molecule has 1 fully saturated rings. The zero-order valence-electron chi connectivity index (χ0n) is 14.5. The number of para-hydroxylation sites is 2. The monoisotopic (exact) mass is 320 g/mol. The maximum absolute atomic E-state index is 6.05. The average Bonchev–Trinajstić information content (AvgIpc) is 3.00. The van der Waals surface area contributed by atoms with Crippen LogP contribution in [0.1, 0.15) is 33.3 Å². The summed E-state index contributed by atoms with van der Waals surface area (Å²) in [7, 11) is -0.352. The van der Waals surface area contributed by atoms with E-state index in [-0.39, 0.29) is 18.3 Å². The van der Waals surface area contributed by atoms with Gasteiger partial charge in [-0.3, -0.25) is 0 Å². The second-order valence-electron chi connectivity index (χ2n) is 7.31. The molecule has 4 heteroatoms. The molecule has 0 aliphatic carbocycles. The summed E-state index contributed by atoms with van der Waals surface area (Å²) in [6, 6.07) is 14.3. The van der Waals surface area contributed by atoms with E-state index < -0.39 is 0 Å². The Kier molecular flexibility index (Phi) is 3.38. The number of hydrogen-bond donors (Lipinski definition) is 0. The molecule has 3 aromatic rings. The Morgan fingerprint density at radius 1 is 0.833 bits per heavy atom. The third kappa shape index (κ3) is 2.38. The summed E-state index contributed by atoms with van der Waals surface area (Å²) in [6.07, 6.45) is 2.02. The van der Waals surface area contributed by atoms with Crippen molar-refractivity contribution < 1.29 is 13.7 Å².